The van der Waals surface area contributed by atoms with Crippen molar-refractivity contribution in [2.75, 3.05) is 18.8 Å². The lowest BCUT2D eigenvalue weighted by Crippen LogP contribution is -2.30. The molecule has 2 rings (SSSR count). The van der Waals surface area contributed by atoms with Crippen LogP contribution in [0.5, 0.6) is 0 Å². The molecule has 146 valence electrons. The number of hydrogen-bond acceptors (Lipinski definition) is 6. The minimum absolute atomic E-state index is 0.244. The van der Waals surface area contributed by atoms with Crippen LogP contribution in [-0.4, -0.2) is 46.3 Å². The van der Waals surface area contributed by atoms with Crippen LogP contribution in [0, 0.1) is 17.2 Å². The molecular formula is C18H25N5O2S2. The predicted octanol–water partition coefficient (Wildman–Crippen LogP) is 3.25. The second-order valence-corrected chi connectivity index (χ2v) is 9.26. The molecule has 2 aromatic rings. The summed E-state index contributed by atoms with van der Waals surface area (Å²) in [5, 5.41) is 18.0. The Balaban J connectivity index is 2.51. The molecule has 0 aliphatic rings. The molecule has 7 nitrogen and oxygen atoms in total. The summed E-state index contributed by atoms with van der Waals surface area (Å²) >= 11 is 1.33. The Bertz CT molecular complexity index is 912. The Hall–Kier alpha value is -1.89. The lowest BCUT2D eigenvalue weighted by Gasteiger charge is -2.19. The van der Waals surface area contributed by atoms with Crippen molar-refractivity contribution < 1.29 is 8.42 Å². The van der Waals surface area contributed by atoms with Gasteiger partial charge in [-0.1, -0.05) is 51.6 Å². The van der Waals surface area contributed by atoms with Gasteiger partial charge in [0.05, 0.1) is 16.7 Å². The number of benzene rings is 1. The average molecular weight is 408 g/mol. The number of nitriles is 1. The van der Waals surface area contributed by atoms with Crippen LogP contribution in [0.2, 0.25) is 0 Å². The Morgan fingerprint density at radius 2 is 1.96 bits per heavy atom. The van der Waals surface area contributed by atoms with Crippen LogP contribution in [0.15, 0.2) is 34.3 Å². The van der Waals surface area contributed by atoms with Crippen LogP contribution in [0.4, 0.5) is 0 Å². The van der Waals surface area contributed by atoms with E-state index in [1.54, 1.807) is 18.2 Å². The van der Waals surface area contributed by atoms with Crippen molar-refractivity contribution >= 4 is 21.8 Å². The highest BCUT2D eigenvalue weighted by Gasteiger charge is 2.23. The van der Waals surface area contributed by atoms with Crippen molar-refractivity contribution in [1.29, 1.82) is 5.26 Å². The predicted molar refractivity (Wildman–Crippen MR) is 107 cm³/mol. The van der Waals surface area contributed by atoms with Crippen molar-refractivity contribution in [2.45, 2.75) is 44.3 Å². The third kappa shape index (κ3) is 4.89. The minimum Gasteiger partial charge on any atom is -0.302 e. The Labute approximate surface area is 165 Å². The summed E-state index contributed by atoms with van der Waals surface area (Å²) in [6.07, 6.45) is 0. The topological polar surface area (TPSA) is 91.9 Å². The average Bonchev–Trinajstić information content (AvgIpc) is 3.02. The van der Waals surface area contributed by atoms with E-state index < -0.39 is 10.0 Å². The fraction of sp³-hybridized carbons (Fsp3) is 0.500. The van der Waals surface area contributed by atoms with Crippen molar-refractivity contribution in [2.24, 2.45) is 5.92 Å². The highest BCUT2D eigenvalue weighted by molar-refractivity contribution is 7.99. The fourth-order valence-corrected chi connectivity index (χ4v) is 4.86. The van der Waals surface area contributed by atoms with Crippen molar-refractivity contribution in [1.82, 2.24) is 19.1 Å². The smallest absolute Gasteiger partial charge is 0.243 e. The second-order valence-electron chi connectivity index (χ2n) is 6.37. The summed E-state index contributed by atoms with van der Waals surface area (Å²) in [5.74, 6) is 1.25. The van der Waals surface area contributed by atoms with E-state index in [1.165, 1.54) is 16.1 Å². The molecule has 0 aliphatic carbocycles. The van der Waals surface area contributed by atoms with Gasteiger partial charge in [-0.15, -0.1) is 10.2 Å². The number of thioether (sulfide) groups is 1. The van der Waals surface area contributed by atoms with E-state index in [1.807, 2.05) is 24.5 Å². The van der Waals surface area contributed by atoms with E-state index in [9.17, 15) is 8.42 Å². The van der Waals surface area contributed by atoms with Gasteiger partial charge in [0.15, 0.2) is 11.0 Å². The third-order valence-corrected chi connectivity index (χ3v) is 6.85. The largest absolute Gasteiger partial charge is 0.302 e. The summed E-state index contributed by atoms with van der Waals surface area (Å²) in [4.78, 5) is 0.244. The molecule has 0 saturated carbocycles. The highest BCUT2D eigenvalue weighted by Crippen LogP contribution is 2.27. The standard InChI is InChI=1S/C18H25N5O2S2/c1-5-22(6-2)27(24,25)16-9-7-8-15(12-16)17-20-21-18(26-11-10-19)23(17)13-14(3)4/h7-9,12,14H,5-6,11,13H2,1-4H3. The van der Waals surface area contributed by atoms with Gasteiger partial charge in [-0.25, -0.2) is 8.42 Å². The maximum Gasteiger partial charge on any atom is 0.243 e. The fourth-order valence-electron chi connectivity index (χ4n) is 2.74. The normalized spacial score (nSPS) is 11.9. The molecule has 0 fully saturated rings. The molecule has 1 aromatic heterocycles. The van der Waals surface area contributed by atoms with Crippen LogP contribution < -0.4 is 0 Å². The van der Waals surface area contributed by atoms with Gasteiger partial charge in [0, 0.05) is 25.2 Å². The zero-order valence-corrected chi connectivity index (χ0v) is 17.7. The highest BCUT2D eigenvalue weighted by atomic mass is 32.2. The maximum atomic E-state index is 12.8. The van der Waals surface area contributed by atoms with Gasteiger partial charge in [-0.3, -0.25) is 0 Å². The molecule has 0 atom stereocenters. The molecule has 9 heteroatoms. The van der Waals surface area contributed by atoms with E-state index in [0.29, 0.717) is 42.1 Å². The van der Waals surface area contributed by atoms with Crippen LogP contribution in [0.1, 0.15) is 27.7 Å². The van der Waals surface area contributed by atoms with Gasteiger partial charge in [0.25, 0.3) is 0 Å². The zero-order chi connectivity index (χ0) is 20.0. The number of aromatic nitrogens is 3. The van der Waals surface area contributed by atoms with Gasteiger partial charge in [0.1, 0.15) is 0 Å². The number of rotatable bonds is 9. The molecule has 0 N–H and O–H groups in total. The molecule has 0 amide bonds. The molecule has 0 unspecified atom stereocenters. The van der Waals surface area contributed by atoms with Gasteiger partial charge < -0.3 is 4.57 Å². The summed E-state index contributed by atoms with van der Waals surface area (Å²) in [6, 6.07) is 8.90. The van der Waals surface area contributed by atoms with Crippen molar-refractivity contribution in [3.63, 3.8) is 0 Å². The molecular weight excluding hydrogens is 382 g/mol. The van der Waals surface area contributed by atoms with Crippen LogP contribution in [0.3, 0.4) is 0 Å². The van der Waals surface area contributed by atoms with E-state index >= 15 is 0 Å². The second kappa shape index (κ2) is 9.35. The Morgan fingerprint density at radius 3 is 2.56 bits per heavy atom. The van der Waals surface area contributed by atoms with Crippen molar-refractivity contribution in [3.05, 3.63) is 24.3 Å². The summed E-state index contributed by atoms with van der Waals surface area (Å²) in [6.45, 7) is 9.34. The van der Waals surface area contributed by atoms with E-state index in [-0.39, 0.29) is 10.6 Å². The Kier molecular flexibility index (Phi) is 7.41. The number of sulfonamides is 1. The van der Waals surface area contributed by atoms with Gasteiger partial charge >= 0.3 is 0 Å². The first-order chi connectivity index (χ1) is 12.8. The van der Waals surface area contributed by atoms with Gasteiger partial charge in [-0.2, -0.15) is 9.57 Å². The van der Waals surface area contributed by atoms with Crippen molar-refractivity contribution in [3.8, 4) is 17.5 Å². The Morgan fingerprint density at radius 1 is 1.26 bits per heavy atom. The first-order valence-corrected chi connectivity index (χ1v) is 11.3. The summed E-state index contributed by atoms with van der Waals surface area (Å²) < 4.78 is 29.0. The summed E-state index contributed by atoms with van der Waals surface area (Å²) in [7, 11) is -3.55. The molecule has 27 heavy (non-hydrogen) atoms. The lowest BCUT2D eigenvalue weighted by molar-refractivity contribution is 0.445. The first-order valence-electron chi connectivity index (χ1n) is 8.88. The minimum atomic E-state index is -3.55. The quantitative estimate of drug-likeness (QED) is 0.593. The maximum absolute atomic E-state index is 12.8. The lowest BCUT2D eigenvalue weighted by atomic mass is 10.2. The summed E-state index contributed by atoms with van der Waals surface area (Å²) in [5.41, 5.74) is 0.695. The molecule has 0 aliphatic heterocycles. The third-order valence-electron chi connectivity index (χ3n) is 3.97. The molecule has 1 aromatic carbocycles. The molecule has 0 saturated heterocycles. The van der Waals surface area contributed by atoms with E-state index in [0.717, 1.165) is 0 Å². The first kappa shape index (κ1) is 21.4. The molecule has 1 heterocycles. The van der Waals surface area contributed by atoms with E-state index in [4.69, 9.17) is 5.26 Å². The van der Waals surface area contributed by atoms with Gasteiger partial charge in [-0.05, 0) is 18.1 Å². The SMILES string of the molecule is CCN(CC)S(=O)(=O)c1cccc(-c2nnc(SCC#N)n2CC(C)C)c1. The zero-order valence-electron chi connectivity index (χ0n) is 16.1. The monoisotopic (exact) mass is 407 g/mol. The molecule has 0 spiro atoms. The van der Waals surface area contributed by atoms with Crippen LogP contribution in [0.25, 0.3) is 11.4 Å². The van der Waals surface area contributed by atoms with Crippen LogP contribution >= 0.6 is 11.8 Å². The van der Waals surface area contributed by atoms with E-state index in [2.05, 4.69) is 30.1 Å². The number of hydrogen-bond donors (Lipinski definition) is 0. The van der Waals surface area contributed by atoms with Gasteiger partial charge in [0.2, 0.25) is 10.0 Å². The van der Waals surface area contributed by atoms with Crippen LogP contribution in [-0.2, 0) is 16.6 Å². The molecule has 0 radical (unpaired) electrons. The number of nitrogens with zero attached hydrogens (tertiary/aromatic N) is 5. The molecule has 0 bridgehead atoms.